The Morgan fingerprint density at radius 2 is 1.95 bits per heavy atom. The van der Waals surface area contributed by atoms with Gasteiger partial charge in [0.2, 0.25) is 5.91 Å². The van der Waals surface area contributed by atoms with E-state index in [-0.39, 0.29) is 23.9 Å². The minimum absolute atomic E-state index is 0.0928. The first-order valence-electron chi connectivity index (χ1n) is 6.83. The van der Waals surface area contributed by atoms with Crippen molar-refractivity contribution in [3.8, 4) is 0 Å². The molecule has 0 radical (unpaired) electrons. The highest BCUT2D eigenvalue weighted by Crippen LogP contribution is 2.22. The van der Waals surface area contributed by atoms with Gasteiger partial charge in [-0.2, -0.15) is 0 Å². The maximum Gasteiger partial charge on any atom is 0.325 e. The zero-order valence-corrected chi connectivity index (χ0v) is 13.7. The molecule has 0 fully saturated rings. The number of amides is 1. The van der Waals surface area contributed by atoms with Crippen LogP contribution in [-0.2, 0) is 11.2 Å². The Bertz CT molecular complexity index is 818. The summed E-state index contributed by atoms with van der Waals surface area (Å²) in [6.07, 6.45) is -0.0928. The van der Waals surface area contributed by atoms with E-state index in [4.69, 9.17) is 0 Å². The SMILES string of the molecule is Cc1nc(C(C)NC(=O)Cc2c(C)[nH]c(=O)[nH]c2=O)c(C)s1. The van der Waals surface area contributed by atoms with Gasteiger partial charge in [0.15, 0.2) is 0 Å². The quantitative estimate of drug-likeness (QED) is 0.776. The Balaban J connectivity index is 2.12. The van der Waals surface area contributed by atoms with Gasteiger partial charge in [0, 0.05) is 16.1 Å². The number of hydrogen-bond acceptors (Lipinski definition) is 5. The fourth-order valence-electron chi connectivity index (χ4n) is 2.31. The van der Waals surface area contributed by atoms with Gasteiger partial charge in [-0.25, -0.2) is 9.78 Å². The van der Waals surface area contributed by atoms with Gasteiger partial charge in [-0.15, -0.1) is 11.3 Å². The number of nitrogens with one attached hydrogen (secondary N) is 3. The molecule has 2 aromatic rings. The van der Waals surface area contributed by atoms with Crippen LogP contribution in [0, 0.1) is 20.8 Å². The molecule has 3 N–H and O–H groups in total. The molecule has 1 unspecified atom stereocenters. The van der Waals surface area contributed by atoms with Gasteiger partial charge < -0.3 is 10.3 Å². The van der Waals surface area contributed by atoms with E-state index < -0.39 is 11.2 Å². The first kappa shape index (κ1) is 16.2. The lowest BCUT2D eigenvalue weighted by molar-refractivity contribution is -0.121. The van der Waals surface area contributed by atoms with Gasteiger partial charge in [0.1, 0.15) is 0 Å². The van der Waals surface area contributed by atoms with E-state index in [2.05, 4.69) is 20.3 Å². The summed E-state index contributed by atoms with van der Waals surface area (Å²) in [4.78, 5) is 45.1. The predicted octanol–water partition coefficient (Wildman–Crippen LogP) is 0.865. The maximum atomic E-state index is 12.1. The van der Waals surface area contributed by atoms with Crippen molar-refractivity contribution in [2.75, 3.05) is 0 Å². The lowest BCUT2D eigenvalue weighted by atomic mass is 10.1. The lowest BCUT2D eigenvalue weighted by Crippen LogP contribution is -2.33. The highest BCUT2D eigenvalue weighted by atomic mass is 32.1. The molecule has 0 spiro atoms. The van der Waals surface area contributed by atoms with Crippen LogP contribution in [0.15, 0.2) is 9.59 Å². The molecule has 0 aliphatic rings. The molecule has 118 valence electrons. The summed E-state index contributed by atoms with van der Waals surface area (Å²) in [5, 5.41) is 3.77. The Hall–Kier alpha value is -2.22. The van der Waals surface area contributed by atoms with Crippen LogP contribution in [0.2, 0.25) is 0 Å². The van der Waals surface area contributed by atoms with Crippen molar-refractivity contribution >= 4 is 17.2 Å². The number of rotatable bonds is 4. The molecule has 2 rings (SSSR count). The number of aryl methyl sites for hydroxylation is 3. The first-order chi connectivity index (χ1) is 10.3. The summed E-state index contributed by atoms with van der Waals surface area (Å²) in [6, 6.07) is -0.236. The van der Waals surface area contributed by atoms with Crippen LogP contribution >= 0.6 is 11.3 Å². The molecule has 0 aromatic carbocycles. The van der Waals surface area contributed by atoms with Crippen LogP contribution in [0.4, 0.5) is 0 Å². The molecule has 0 aliphatic carbocycles. The first-order valence-corrected chi connectivity index (χ1v) is 7.65. The Morgan fingerprint density at radius 3 is 2.50 bits per heavy atom. The summed E-state index contributed by atoms with van der Waals surface area (Å²) >= 11 is 1.58. The molecule has 0 bridgehead atoms. The van der Waals surface area contributed by atoms with Gasteiger partial charge in [0.25, 0.3) is 5.56 Å². The average Bonchev–Trinajstić information content (AvgIpc) is 2.73. The normalized spacial score (nSPS) is 12.2. The van der Waals surface area contributed by atoms with Crippen LogP contribution in [-0.4, -0.2) is 20.9 Å². The Labute approximate surface area is 130 Å². The monoisotopic (exact) mass is 322 g/mol. The number of hydrogen-bond donors (Lipinski definition) is 3. The summed E-state index contributed by atoms with van der Waals surface area (Å²) in [7, 11) is 0. The van der Waals surface area contributed by atoms with E-state index in [0.29, 0.717) is 5.69 Å². The minimum atomic E-state index is -0.575. The van der Waals surface area contributed by atoms with Crippen LogP contribution in [0.5, 0.6) is 0 Å². The van der Waals surface area contributed by atoms with Crippen molar-refractivity contribution in [2.45, 2.75) is 40.2 Å². The van der Waals surface area contributed by atoms with Crippen molar-refractivity contribution in [1.29, 1.82) is 0 Å². The van der Waals surface area contributed by atoms with Gasteiger partial charge >= 0.3 is 5.69 Å². The summed E-state index contributed by atoms with van der Waals surface area (Å²) in [6.45, 7) is 7.32. The average molecular weight is 322 g/mol. The number of carbonyl (C=O) groups excluding carboxylic acids is 1. The minimum Gasteiger partial charge on any atom is -0.348 e. The van der Waals surface area contributed by atoms with Crippen molar-refractivity contribution in [3.05, 3.63) is 47.7 Å². The molecule has 8 heteroatoms. The topological polar surface area (TPSA) is 108 Å². The van der Waals surface area contributed by atoms with Crippen LogP contribution < -0.4 is 16.6 Å². The molecule has 0 aliphatic heterocycles. The van der Waals surface area contributed by atoms with E-state index >= 15 is 0 Å². The van der Waals surface area contributed by atoms with E-state index in [1.165, 1.54) is 0 Å². The lowest BCUT2D eigenvalue weighted by Gasteiger charge is -2.13. The zero-order valence-electron chi connectivity index (χ0n) is 12.9. The Kier molecular flexibility index (Phi) is 4.60. The highest BCUT2D eigenvalue weighted by Gasteiger charge is 2.17. The molecular weight excluding hydrogens is 304 g/mol. The highest BCUT2D eigenvalue weighted by molar-refractivity contribution is 7.11. The number of carbonyl (C=O) groups is 1. The van der Waals surface area contributed by atoms with Crippen LogP contribution in [0.1, 0.15) is 39.8 Å². The second-order valence-electron chi connectivity index (χ2n) is 5.15. The molecule has 2 aromatic heterocycles. The van der Waals surface area contributed by atoms with Crippen LogP contribution in [0.25, 0.3) is 0 Å². The molecule has 22 heavy (non-hydrogen) atoms. The summed E-state index contributed by atoms with van der Waals surface area (Å²) in [5.74, 6) is -0.293. The number of nitrogens with zero attached hydrogens (tertiary/aromatic N) is 1. The molecule has 0 saturated heterocycles. The number of aromatic nitrogens is 3. The van der Waals surface area contributed by atoms with Gasteiger partial charge in [0.05, 0.1) is 23.2 Å². The second kappa shape index (κ2) is 6.27. The van der Waals surface area contributed by atoms with Crippen molar-refractivity contribution in [3.63, 3.8) is 0 Å². The van der Waals surface area contributed by atoms with Gasteiger partial charge in [-0.05, 0) is 27.7 Å². The van der Waals surface area contributed by atoms with Gasteiger partial charge in [-0.1, -0.05) is 0 Å². The second-order valence-corrected chi connectivity index (χ2v) is 6.56. The smallest absolute Gasteiger partial charge is 0.325 e. The maximum absolute atomic E-state index is 12.1. The third-order valence-corrected chi connectivity index (χ3v) is 4.22. The fourth-order valence-corrected chi connectivity index (χ4v) is 3.22. The van der Waals surface area contributed by atoms with E-state index in [0.717, 1.165) is 15.6 Å². The third-order valence-electron chi connectivity index (χ3n) is 3.32. The van der Waals surface area contributed by atoms with Crippen molar-refractivity contribution in [1.82, 2.24) is 20.3 Å². The fraction of sp³-hybridized carbons (Fsp3) is 0.429. The molecular formula is C14H18N4O3S. The van der Waals surface area contributed by atoms with Crippen molar-refractivity contribution < 1.29 is 4.79 Å². The number of thiazole rings is 1. The number of H-pyrrole nitrogens is 2. The largest absolute Gasteiger partial charge is 0.348 e. The summed E-state index contributed by atoms with van der Waals surface area (Å²) < 4.78 is 0. The van der Waals surface area contributed by atoms with Crippen LogP contribution in [0.3, 0.4) is 0 Å². The summed E-state index contributed by atoms with van der Waals surface area (Å²) in [5.41, 5.74) is 0.383. The standard InChI is InChI=1S/C14H18N4O3S/c1-6-10(13(20)18-14(21)16-6)5-11(19)15-7(2)12-8(3)22-9(4)17-12/h7H,5H2,1-4H3,(H,15,19)(H2,16,18,20,21). The molecule has 0 saturated carbocycles. The van der Waals surface area contributed by atoms with Gasteiger partial charge in [-0.3, -0.25) is 14.6 Å². The third kappa shape index (κ3) is 3.51. The van der Waals surface area contributed by atoms with E-state index in [1.54, 1.807) is 18.3 Å². The molecule has 2 heterocycles. The number of aromatic amines is 2. The molecule has 1 atom stereocenters. The Morgan fingerprint density at radius 1 is 1.27 bits per heavy atom. The van der Waals surface area contributed by atoms with E-state index in [9.17, 15) is 14.4 Å². The van der Waals surface area contributed by atoms with E-state index in [1.807, 2.05) is 20.8 Å². The zero-order chi connectivity index (χ0) is 16.4. The molecule has 7 nitrogen and oxygen atoms in total. The van der Waals surface area contributed by atoms with Crippen molar-refractivity contribution in [2.24, 2.45) is 0 Å². The molecule has 1 amide bonds. The predicted molar refractivity (Wildman–Crippen MR) is 84.3 cm³/mol.